The third-order valence-electron chi connectivity index (χ3n) is 2.61. The fourth-order valence-corrected chi connectivity index (χ4v) is 1.73. The minimum Gasteiger partial charge on any atom is -0.406 e. The van der Waals surface area contributed by atoms with Crippen LogP contribution in [0.3, 0.4) is 0 Å². The van der Waals surface area contributed by atoms with Gasteiger partial charge in [0.1, 0.15) is 11.6 Å². The van der Waals surface area contributed by atoms with E-state index >= 15 is 0 Å². The van der Waals surface area contributed by atoms with Gasteiger partial charge in [0.15, 0.2) is 0 Å². The highest BCUT2D eigenvalue weighted by atomic mass is 19.4. The van der Waals surface area contributed by atoms with Gasteiger partial charge < -0.3 is 9.84 Å². The molecule has 0 spiro atoms. The third kappa shape index (κ3) is 3.48. The Morgan fingerprint density at radius 1 is 1.00 bits per heavy atom. The SMILES string of the molecule is OCc1ccc(-c2ccc(OC(F)(F)F)cc2)c(F)c1. The maximum atomic E-state index is 13.8. The van der Waals surface area contributed by atoms with Crippen molar-refractivity contribution in [1.29, 1.82) is 0 Å². The summed E-state index contributed by atoms with van der Waals surface area (Å²) in [6.45, 7) is -0.282. The van der Waals surface area contributed by atoms with Crippen LogP contribution in [0.5, 0.6) is 5.75 Å². The van der Waals surface area contributed by atoms with Crippen LogP contribution in [0.15, 0.2) is 42.5 Å². The van der Waals surface area contributed by atoms with Crippen LogP contribution >= 0.6 is 0 Å². The standard InChI is InChI=1S/C14H10F4O2/c15-13-7-9(8-19)1-6-12(13)10-2-4-11(5-3-10)20-14(16,17)18/h1-7,19H,8H2. The molecular formula is C14H10F4O2. The molecule has 106 valence electrons. The Labute approximate surface area is 112 Å². The molecule has 2 rings (SSSR count). The number of hydrogen-bond acceptors (Lipinski definition) is 2. The fourth-order valence-electron chi connectivity index (χ4n) is 1.73. The number of benzene rings is 2. The average Bonchev–Trinajstić information content (AvgIpc) is 2.38. The van der Waals surface area contributed by atoms with Crippen molar-refractivity contribution >= 4 is 0 Å². The van der Waals surface area contributed by atoms with Gasteiger partial charge >= 0.3 is 6.36 Å². The summed E-state index contributed by atoms with van der Waals surface area (Å²) in [4.78, 5) is 0. The summed E-state index contributed by atoms with van der Waals surface area (Å²) in [7, 11) is 0. The van der Waals surface area contributed by atoms with E-state index in [1.807, 2.05) is 0 Å². The Morgan fingerprint density at radius 2 is 1.65 bits per heavy atom. The maximum absolute atomic E-state index is 13.8. The van der Waals surface area contributed by atoms with Crippen LogP contribution in [0.25, 0.3) is 11.1 Å². The molecule has 2 aromatic rings. The smallest absolute Gasteiger partial charge is 0.406 e. The second-order valence-electron chi connectivity index (χ2n) is 4.04. The maximum Gasteiger partial charge on any atom is 0.573 e. The topological polar surface area (TPSA) is 29.5 Å². The monoisotopic (exact) mass is 286 g/mol. The molecule has 0 aliphatic heterocycles. The number of rotatable bonds is 3. The van der Waals surface area contributed by atoms with E-state index in [0.717, 1.165) is 12.1 Å². The second kappa shape index (κ2) is 5.50. The molecule has 1 N–H and O–H groups in total. The lowest BCUT2D eigenvalue weighted by Gasteiger charge is -2.10. The van der Waals surface area contributed by atoms with Crippen molar-refractivity contribution in [3.8, 4) is 16.9 Å². The molecule has 0 saturated heterocycles. The summed E-state index contributed by atoms with van der Waals surface area (Å²) in [5.74, 6) is -0.922. The lowest BCUT2D eigenvalue weighted by molar-refractivity contribution is -0.274. The zero-order chi connectivity index (χ0) is 14.8. The average molecular weight is 286 g/mol. The van der Waals surface area contributed by atoms with Gasteiger partial charge in [-0.05, 0) is 29.3 Å². The summed E-state index contributed by atoms with van der Waals surface area (Å²) >= 11 is 0. The summed E-state index contributed by atoms with van der Waals surface area (Å²) in [6, 6.07) is 9.06. The molecule has 0 radical (unpaired) electrons. The fraction of sp³-hybridized carbons (Fsp3) is 0.143. The van der Waals surface area contributed by atoms with Gasteiger partial charge in [-0.25, -0.2) is 4.39 Å². The predicted octanol–water partition coefficient (Wildman–Crippen LogP) is 3.88. The Hall–Kier alpha value is -2.08. The van der Waals surface area contributed by atoms with Crippen molar-refractivity contribution in [1.82, 2.24) is 0 Å². The van der Waals surface area contributed by atoms with E-state index in [-0.39, 0.29) is 17.9 Å². The molecule has 0 amide bonds. The van der Waals surface area contributed by atoms with Crippen LogP contribution in [-0.4, -0.2) is 11.5 Å². The largest absolute Gasteiger partial charge is 0.573 e. The number of ether oxygens (including phenoxy) is 1. The molecule has 0 atom stereocenters. The number of aliphatic hydroxyl groups is 1. The molecule has 2 aromatic carbocycles. The van der Waals surface area contributed by atoms with E-state index in [4.69, 9.17) is 5.11 Å². The minimum absolute atomic E-state index is 0.237. The Balaban J connectivity index is 2.26. The van der Waals surface area contributed by atoms with E-state index in [0.29, 0.717) is 11.1 Å². The summed E-state index contributed by atoms with van der Waals surface area (Å²) < 4.78 is 53.5. The highest BCUT2D eigenvalue weighted by Gasteiger charge is 2.30. The molecule has 0 saturated carbocycles. The first-order chi connectivity index (χ1) is 9.39. The molecule has 2 nitrogen and oxygen atoms in total. The molecule has 20 heavy (non-hydrogen) atoms. The quantitative estimate of drug-likeness (QED) is 0.868. The lowest BCUT2D eigenvalue weighted by atomic mass is 10.0. The van der Waals surface area contributed by atoms with Crippen LogP contribution < -0.4 is 4.74 Å². The number of halogens is 4. The van der Waals surface area contributed by atoms with Crippen molar-refractivity contribution < 1.29 is 27.4 Å². The van der Waals surface area contributed by atoms with Gasteiger partial charge in [0.05, 0.1) is 6.61 Å². The molecule has 0 fully saturated rings. The molecule has 0 bridgehead atoms. The van der Waals surface area contributed by atoms with E-state index < -0.39 is 12.2 Å². The van der Waals surface area contributed by atoms with Crippen molar-refractivity contribution in [3.63, 3.8) is 0 Å². The number of alkyl halides is 3. The second-order valence-corrected chi connectivity index (χ2v) is 4.04. The Kier molecular flexibility index (Phi) is 3.94. The number of aliphatic hydroxyl groups excluding tert-OH is 1. The zero-order valence-corrected chi connectivity index (χ0v) is 10.1. The highest BCUT2D eigenvalue weighted by molar-refractivity contribution is 5.65. The summed E-state index contributed by atoms with van der Waals surface area (Å²) in [5.41, 5.74) is 1.07. The molecule has 0 aromatic heterocycles. The molecule has 0 aliphatic carbocycles. The van der Waals surface area contributed by atoms with Gasteiger partial charge in [-0.2, -0.15) is 0 Å². The molecule has 0 unspecified atom stereocenters. The number of hydrogen-bond donors (Lipinski definition) is 1. The Bertz CT molecular complexity index is 591. The van der Waals surface area contributed by atoms with Crippen molar-refractivity contribution in [2.45, 2.75) is 13.0 Å². The summed E-state index contributed by atoms with van der Waals surface area (Å²) in [6.07, 6.45) is -4.75. The molecular weight excluding hydrogens is 276 g/mol. The molecule has 0 aliphatic rings. The predicted molar refractivity (Wildman–Crippen MR) is 64.4 cm³/mol. The summed E-state index contributed by atoms with van der Waals surface area (Å²) in [5, 5.41) is 8.88. The van der Waals surface area contributed by atoms with Crippen LogP contribution in [0.1, 0.15) is 5.56 Å². The van der Waals surface area contributed by atoms with Gasteiger partial charge in [-0.3, -0.25) is 0 Å². The first-order valence-electron chi connectivity index (χ1n) is 5.64. The van der Waals surface area contributed by atoms with Crippen molar-refractivity contribution in [3.05, 3.63) is 53.8 Å². The third-order valence-corrected chi connectivity index (χ3v) is 2.61. The zero-order valence-electron chi connectivity index (χ0n) is 10.1. The van der Waals surface area contributed by atoms with Crippen LogP contribution in [0, 0.1) is 5.82 Å². The van der Waals surface area contributed by atoms with E-state index in [9.17, 15) is 17.6 Å². The van der Waals surface area contributed by atoms with Crippen LogP contribution in [0.2, 0.25) is 0 Å². The van der Waals surface area contributed by atoms with Gasteiger partial charge in [-0.1, -0.05) is 24.3 Å². The van der Waals surface area contributed by atoms with Gasteiger partial charge in [0, 0.05) is 5.56 Å². The van der Waals surface area contributed by atoms with Crippen LogP contribution in [-0.2, 0) is 6.61 Å². The first kappa shape index (κ1) is 14.3. The van der Waals surface area contributed by atoms with Crippen molar-refractivity contribution in [2.24, 2.45) is 0 Å². The molecule has 0 heterocycles. The van der Waals surface area contributed by atoms with Gasteiger partial charge in [0.25, 0.3) is 0 Å². The highest BCUT2D eigenvalue weighted by Crippen LogP contribution is 2.28. The van der Waals surface area contributed by atoms with E-state index in [1.165, 1.54) is 24.3 Å². The van der Waals surface area contributed by atoms with Crippen molar-refractivity contribution in [2.75, 3.05) is 0 Å². The first-order valence-corrected chi connectivity index (χ1v) is 5.64. The lowest BCUT2D eigenvalue weighted by Crippen LogP contribution is -2.16. The normalized spacial score (nSPS) is 11.4. The van der Waals surface area contributed by atoms with E-state index in [2.05, 4.69) is 4.74 Å². The molecule has 6 heteroatoms. The van der Waals surface area contributed by atoms with Gasteiger partial charge in [-0.15, -0.1) is 13.2 Å². The minimum atomic E-state index is -4.75. The van der Waals surface area contributed by atoms with Crippen LogP contribution in [0.4, 0.5) is 17.6 Å². The van der Waals surface area contributed by atoms with E-state index in [1.54, 1.807) is 6.07 Å². The Morgan fingerprint density at radius 3 is 2.15 bits per heavy atom. The van der Waals surface area contributed by atoms with Gasteiger partial charge in [0.2, 0.25) is 0 Å².